The van der Waals surface area contributed by atoms with Gasteiger partial charge in [-0.1, -0.05) is 37.5 Å². The van der Waals surface area contributed by atoms with E-state index in [0.29, 0.717) is 16.2 Å². The molecule has 0 unspecified atom stereocenters. The lowest BCUT2D eigenvalue weighted by Crippen LogP contribution is -2.46. The van der Waals surface area contributed by atoms with Crippen LogP contribution < -0.4 is 5.32 Å². The van der Waals surface area contributed by atoms with E-state index < -0.39 is 11.9 Å². The topological polar surface area (TPSA) is 62.6 Å². The van der Waals surface area contributed by atoms with E-state index in [1.807, 2.05) is 5.38 Å². The van der Waals surface area contributed by atoms with E-state index in [1.54, 1.807) is 36.4 Å². The monoisotopic (exact) mass is 440 g/mol. The molecule has 0 saturated heterocycles. The Morgan fingerprint density at radius 3 is 2.52 bits per heavy atom. The number of carbonyl (C=O) groups excluding carboxylic acids is 2. The van der Waals surface area contributed by atoms with Crippen LogP contribution in [0.1, 0.15) is 59.1 Å². The number of furan rings is 1. The zero-order chi connectivity index (χ0) is 21.6. The third-order valence-corrected chi connectivity index (χ3v) is 6.45. The molecule has 0 radical (unpaired) electrons. The molecule has 1 aliphatic carbocycles. The third-order valence-electron chi connectivity index (χ3n) is 5.60. The second kappa shape index (κ2) is 9.92. The highest BCUT2D eigenvalue weighted by Crippen LogP contribution is 2.28. The molecule has 4 rings (SSSR count). The van der Waals surface area contributed by atoms with Crippen LogP contribution >= 0.6 is 11.3 Å². The van der Waals surface area contributed by atoms with Gasteiger partial charge in [0.05, 0.1) is 17.7 Å². The molecule has 2 heterocycles. The minimum atomic E-state index is -0.901. The molecule has 1 fully saturated rings. The molecular weight excluding hydrogens is 415 g/mol. The first-order chi connectivity index (χ1) is 15.1. The van der Waals surface area contributed by atoms with E-state index in [9.17, 15) is 14.0 Å². The molecule has 1 N–H and O–H groups in total. The zero-order valence-corrected chi connectivity index (χ0v) is 17.9. The Balaban J connectivity index is 1.70. The second-order valence-electron chi connectivity index (χ2n) is 7.79. The molecule has 1 aromatic carbocycles. The quantitative estimate of drug-likeness (QED) is 0.541. The van der Waals surface area contributed by atoms with E-state index in [2.05, 4.69) is 5.32 Å². The normalized spacial score (nSPS) is 15.4. The number of benzene rings is 1. The average Bonchev–Trinajstić information content (AvgIpc) is 3.49. The van der Waals surface area contributed by atoms with Crippen LogP contribution in [-0.4, -0.2) is 22.8 Å². The Hall–Kier alpha value is -2.93. The number of halogens is 1. The number of nitrogens with zero attached hydrogens (tertiary/aromatic N) is 1. The van der Waals surface area contributed by atoms with Gasteiger partial charge in [0.2, 0.25) is 5.91 Å². The van der Waals surface area contributed by atoms with E-state index in [1.165, 1.54) is 41.1 Å². The van der Waals surface area contributed by atoms with Crippen LogP contribution in [0.25, 0.3) is 0 Å². The molecule has 0 aliphatic heterocycles. The van der Waals surface area contributed by atoms with Gasteiger partial charge in [-0.05, 0) is 54.1 Å². The Bertz CT molecular complexity index is 981. The van der Waals surface area contributed by atoms with Gasteiger partial charge >= 0.3 is 0 Å². The van der Waals surface area contributed by atoms with Crippen LogP contribution in [-0.2, 0) is 11.3 Å². The molecule has 1 aliphatic rings. The second-order valence-corrected chi connectivity index (χ2v) is 8.74. The summed E-state index contributed by atoms with van der Waals surface area (Å²) in [5, 5.41) is 4.97. The number of carbonyl (C=O) groups is 2. The highest BCUT2D eigenvalue weighted by molar-refractivity contribution is 7.12. The van der Waals surface area contributed by atoms with E-state index in [0.717, 1.165) is 25.7 Å². The van der Waals surface area contributed by atoms with Crippen molar-refractivity contribution < 1.29 is 18.4 Å². The number of hydrogen-bond acceptors (Lipinski definition) is 4. The average molecular weight is 441 g/mol. The first-order valence-corrected chi connectivity index (χ1v) is 11.4. The maximum atomic E-state index is 13.6. The Kier molecular flexibility index (Phi) is 6.82. The summed E-state index contributed by atoms with van der Waals surface area (Å²) < 4.78 is 19.1. The number of amides is 2. The molecule has 31 heavy (non-hydrogen) atoms. The van der Waals surface area contributed by atoms with Gasteiger partial charge in [0.25, 0.3) is 5.91 Å². The van der Waals surface area contributed by atoms with Crippen LogP contribution in [0.3, 0.4) is 0 Å². The van der Waals surface area contributed by atoms with Gasteiger partial charge < -0.3 is 14.6 Å². The SMILES string of the molecule is O=C(NC1CCCCC1)[C@H](c1ccc(F)cc1)N(Cc1ccco1)C(=O)c1cccs1. The van der Waals surface area contributed by atoms with Crippen LogP contribution in [0, 0.1) is 5.82 Å². The van der Waals surface area contributed by atoms with Crippen molar-refractivity contribution in [1.82, 2.24) is 10.2 Å². The Labute approximate surface area is 184 Å². The van der Waals surface area contributed by atoms with Crippen LogP contribution in [0.15, 0.2) is 64.6 Å². The molecule has 7 heteroatoms. The highest BCUT2D eigenvalue weighted by Gasteiger charge is 2.34. The summed E-state index contributed by atoms with van der Waals surface area (Å²) in [4.78, 5) is 29.0. The summed E-state index contributed by atoms with van der Waals surface area (Å²) in [5.41, 5.74) is 0.561. The molecule has 1 saturated carbocycles. The smallest absolute Gasteiger partial charge is 0.265 e. The van der Waals surface area contributed by atoms with Crippen LogP contribution in [0.2, 0.25) is 0 Å². The first kappa shape index (κ1) is 21.3. The minimum Gasteiger partial charge on any atom is -0.467 e. The van der Waals surface area contributed by atoms with E-state index in [-0.39, 0.29) is 24.4 Å². The van der Waals surface area contributed by atoms with E-state index in [4.69, 9.17) is 4.42 Å². The van der Waals surface area contributed by atoms with Gasteiger partial charge in [0.1, 0.15) is 17.6 Å². The largest absolute Gasteiger partial charge is 0.467 e. The predicted molar refractivity (Wildman–Crippen MR) is 117 cm³/mol. The predicted octanol–water partition coefficient (Wildman–Crippen LogP) is 5.31. The summed E-state index contributed by atoms with van der Waals surface area (Å²) in [5.74, 6) is -0.339. The van der Waals surface area contributed by atoms with Crippen molar-refractivity contribution >= 4 is 23.2 Å². The molecule has 3 aromatic rings. The molecular formula is C24H25FN2O3S. The van der Waals surface area contributed by atoms with Crippen molar-refractivity contribution in [2.45, 2.75) is 50.7 Å². The molecule has 5 nitrogen and oxygen atoms in total. The van der Waals surface area contributed by atoms with E-state index >= 15 is 0 Å². The lowest BCUT2D eigenvalue weighted by molar-refractivity contribution is -0.127. The molecule has 0 bridgehead atoms. The lowest BCUT2D eigenvalue weighted by atomic mass is 9.94. The number of nitrogens with one attached hydrogen (secondary N) is 1. The first-order valence-electron chi connectivity index (χ1n) is 10.5. The molecule has 162 valence electrons. The molecule has 2 aromatic heterocycles. The fourth-order valence-corrected chi connectivity index (χ4v) is 4.72. The summed E-state index contributed by atoms with van der Waals surface area (Å²) >= 11 is 1.32. The highest BCUT2D eigenvalue weighted by atomic mass is 32.1. The fourth-order valence-electron chi connectivity index (χ4n) is 4.04. The van der Waals surface area contributed by atoms with Crippen LogP contribution in [0.5, 0.6) is 0 Å². The summed E-state index contributed by atoms with van der Waals surface area (Å²) in [6.45, 7) is 0.129. The number of rotatable bonds is 7. The Morgan fingerprint density at radius 2 is 1.87 bits per heavy atom. The van der Waals surface area contributed by atoms with Gasteiger partial charge in [0.15, 0.2) is 0 Å². The van der Waals surface area contributed by atoms with Crippen molar-refractivity contribution in [3.8, 4) is 0 Å². The number of thiophene rings is 1. The van der Waals surface area contributed by atoms with Crippen molar-refractivity contribution in [2.75, 3.05) is 0 Å². The van der Waals surface area contributed by atoms with Crippen molar-refractivity contribution in [1.29, 1.82) is 0 Å². The van der Waals surface area contributed by atoms with Gasteiger partial charge in [-0.3, -0.25) is 9.59 Å². The summed E-state index contributed by atoms with van der Waals surface area (Å²) in [7, 11) is 0. The third kappa shape index (κ3) is 5.22. The molecule has 0 spiro atoms. The summed E-state index contributed by atoms with van der Waals surface area (Å²) in [6.07, 6.45) is 6.73. The number of hydrogen-bond donors (Lipinski definition) is 1. The van der Waals surface area contributed by atoms with Gasteiger partial charge in [-0.25, -0.2) is 4.39 Å². The summed E-state index contributed by atoms with van der Waals surface area (Å²) in [6, 6.07) is 12.0. The molecule has 2 amide bonds. The fraction of sp³-hybridized carbons (Fsp3) is 0.333. The lowest BCUT2D eigenvalue weighted by Gasteiger charge is -2.32. The standard InChI is InChI=1S/C24H25FN2O3S/c25-18-12-10-17(11-13-18)22(23(28)26-19-6-2-1-3-7-19)27(16-20-8-4-14-30-20)24(29)21-9-5-15-31-21/h4-5,8-15,19,22H,1-3,6-7,16H2,(H,26,28)/t22-/m0/s1. The van der Waals surface area contributed by atoms with Crippen molar-refractivity contribution in [3.05, 3.63) is 82.2 Å². The zero-order valence-electron chi connectivity index (χ0n) is 17.1. The molecule has 1 atom stereocenters. The van der Waals surface area contributed by atoms with Crippen molar-refractivity contribution in [2.24, 2.45) is 0 Å². The minimum absolute atomic E-state index is 0.0894. The van der Waals surface area contributed by atoms with Crippen molar-refractivity contribution in [3.63, 3.8) is 0 Å². The van der Waals surface area contributed by atoms with Gasteiger partial charge in [-0.2, -0.15) is 0 Å². The Morgan fingerprint density at radius 1 is 1.10 bits per heavy atom. The van der Waals surface area contributed by atoms with Gasteiger partial charge in [0, 0.05) is 6.04 Å². The maximum absolute atomic E-state index is 13.6. The maximum Gasteiger partial charge on any atom is 0.265 e. The van der Waals surface area contributed by atoms with Gasteiger partial charge in [-0.15, -0.1) is 11.3 Å². The van der Waals surface area contributed by atoms with Crippen LogP contribution in [0.4, 0.5) is 4.39 Å².